The number of nitrogen functional groups attached to an aromatic ring is 1. The number of benzene rings is 1. The first-order valence-corrected chi connectivity index (χ1v) is 7.05. The van der Waals surface area contributed by atoms with Crippen LogP contribution in [-0.4, -0.2) is 0 Å². The Morgan fingerprint density at radius 1 is 1.28 bits per heavy atom. The number of rotatable bonds is 3. The lowest BCUT2D eigenvalue weighted by molar-refractivity contribution is 0.882. The van der Waals surface area contributed by atoms with Crippen LogP contribution in [0.1, 0.15) is 28.3 Å². The van der Waals surface area contributed by atoms with Crippen LogP contribution in [0.5, 0.6) is 0 Å². The van der Waals surface area contributed by atoms with Crippen molar-refractivity contribution in [1.29, 1.82) is 0 Å². The minimum atomic E-state index is 0.232. The molecule has 4 heteroatoms. The van der Waals surface area contributed by atoms with Crippen LogP contribution in [0.3, 0.4) is 0 Å². The Bertz CT molecular complexity index is 563. The summed E-state index contributed by atoms with van der Waals surface area (Å²) in [4.78, 5) is 2.68. The molecule has 18 heavy (non-hydrogen) atoms. The first-order valence-electron chi connectivity index (χ1n) is 5.86. The average molecular weight is 281 g/mol. The first-order chi connectivity index (χ1) is 8.47. The predicted molar refractivity (Wildman–Crippen MR) is 81.7 cm³/mol. The summed E-state index contributed by atoms with van der Waals surface area (Å²) in [5.74, 6) is 0. The van der Waals surface area contributed by atoms with Crippen molar-refractivity contribution in [1.82, 2.24) is 0 Å². The lowest BCUT2D eigenvalue weighted by Gasteiger charge is -2.16. The van der Waals surface area contributed by atoms with E-state index in [1.54, 1.807) is 6.07 Å². The van der Waals surface area contributed by atoms with Crippen LogP contribution in [-0.2, 0) is 0 Å². The highest BCUT2D eigenvalue weighted by molar-refractivity contribution is 7.12. The molecule has 1 atom stereocenters. The molecule has 0 aliphatic heterocycles. The molecule has 2 aromatic rings. The molecule has 1 unspecified atom stereocenters. The maximum Gasteiger partial charge on any atom is 0.0658 e. The van der Waals surface area contributed by atoms with Crippen LogP contribution in [0.15, 0.2) is 24.3 Å². The zero-order valence-electron chi connectivity index (χ0n) is 10.8. The molecule has 3 N–H and O–H groups in total. The second kappa shape index (κ2) is 5.21. The van der Waals surface area contributed by atoms with Gasteiger partial charge in [-0.3, -0.25) is 0 Å². The molecule has 2 nitrogen and oxygen atoms in total. The normalized spacial score (nSPS) is 12.4. The fraction of sp³-hybridized carbons (Fsp3) is 0.286. The fourth-order valence-electron chi connectivity index (χ4n) is 2.04. The number of anilines is 2. The van der Waals surface area contributed by atoms with E-state index in [2.05, 4.69) is 32.2 Å². The van der Waals surface area contributed by atoms with Crippen LogP contribution in [0.25, 0.3) is 0 Å². The molecule has 0 bridgehead atoms. The maximum absolute atomic E-state index is 6.17. The van der Waals surface area contributed by atoms with Gasteiger partial charge in [-0.1, -0.05) is 11.6 Å². The Kier molecular flexibility index (Phi) is 3.83. The molecule has 0 aliphatic rings. The number of halogens is 1. The van der Waals surface area contributed by atoms with Crippen LogP contribution >= 0.6 is 22.9 Å². The third-order valence-corrected chi connectivity index (χ3v) is 4.21. The van der Waals surface area contributed by atoms with Crippen LogP contribution in [0, 0.1) is 13.8 Å². The predicted octanol–water partition coefficient (Wildman–Crippen LogP) is 4.77. The summed E-state index contributed by atoms with van der Waals surface area (Å²) in [6.45, 7) is 6.42. The number of aryl methyl sites for hydroxylation is 2. The van der Waals surface area contributed by atoms with E-state index < -0.39 is 0 Å². The van der Waals surface area contributed by atoms with Gasteiger partial charge in [0.15, 0.2) is 0 Å². The Labute approximate surface area is 117 Å². The van der Waals surface area contributed by atoms with E-state index in [1.165, 1.54) is 15.3 Å². The highest BCUT2D eigenvalue weighted by atomic mass is 35.5. The van der Waals surface area contributed by atoms with E-state index in [9.17, 15) is 0 Å². The van der Waals surface area contributed by atoms with Gasteiger partial charge in [-0.05, 0) is 50.6 Å². The van der Waals surface area contributed by atoms with Gasteiger partial charge < -0.3 is 11.1 Å². The summed E-state index contributed by atoms with van der Waals surface area (Å²) in [5.41, 5.74) is 8.61. The second-order valence-corrected chi connectivity index (χ2v) is 6.34. The minimum Gasteiger partial charge on any atom is -0.399 e. The molecule has 2 rings (SSSR count). The van der Waals surface area contributed by atoms with Gasteiger partial charge in [-0.2, -0.15) is 0 Å². The van der Waals surface area contributed by atoms with Gasteiger partial charge in [0.05, 0.1) is 10.7 Å². The molecule has 0 spiro atoms. The van der Waals surface area contributed by atoms with Crippen LogP contribution in [0.4, 0.5) is 11.4 Å². The molecule has 1 aromatic heterocycles. The van der Waals surface area contributed by atoms with E-state index in [1.807, 2.05) is 23.5 Å². The maximum atomic E-state index is 6.17. The minimum absolute atomic E-state index is 0.232. The van der Waals surface area contributed by atoms with Crippen molar-refractivity contribution in [2.75, 3.05) is 11.1 Å². The zero-order chi connectivity index (χ0) is 13.3. The number of thiophene rings is 1. The van der Waals surface area contributed by atoms with Gasteiger partial charge in [0.1, 0.15) is 0 Å². The monoisotopic (exact) mass is 280 g/mol. The lowest BCUT2D eigenvalue weighted by Crippen LogP contribution is -2.07. The standard InChI is InChI=1S/C14H17ClN2S/c1-8-6-12(10(3)18-8)9(2)17-14-5-4-11(16)7-13(14)15/h4-7,9,17H,16H2,1-3H3. The third kappa shape index (κ3) is 2.79. The van der Waals surface area contributed by atoms with E-state index in [-0.39, 0.29) is 6.04 Å². The zero-order valence-corrected chi connectivity index (χ0v) is 12.3. The summed E-state index contributed by atoms with van der Waals surface area (Å²) in [7, 11) is 0. The molecule has 0 saturated carbocycles. The number of nitrogens with one attached hydrogen (secondary N) is 1. The van der Waals surface area contributed by atoms with Gasteiger partial charge in [0.25, 0.3) is 0 Å². The molecule has 0 radical (unpaired) electrons. The molecule has 0 saturated heterocycles. The van der Waals surface area contributed by atoms with E-state index in [4.69, 9.17) is 17.3 Å². The smallest absolute Gasteiger partial charge is 0.0658 e. The van der Waals surface area contributed by atoms with Crippen molar-refractivity contribution in [3.05, 3.63) is 44.6 Å². The first kappa shape index (κ1) is 13.2. The Morgan fingerprint density at radius 3 is 2.56 bits per heavy atom. The molecule has 0 aliphatic carbocycles. The number of nitrogens with two attached hydrogens (primary N) is 1. The topological polar surface area (TPSA) is 38.0 Å². The summed E-state index contributed by atoms with van der Waals surface area (Å²) < 4.78 is 0. The number of hydrogen-bond donors (Lipinski definition) is 2. The van der Waals surface area contributed by atoms with Gasteiger partial charge in [0, 0.05) is 21.5 Å². The summed E-state index contributed by atoms with van der Waals surface area (Å²) >= 11 is 7.99. The fourth-order valence-corrected chi connectivity index (χ4v) is 3.31. The van der Waals surface area contributed by atoms with Crippen LogP contribution < -0.4 is 11.1 Å². The highest BCUT2D eigenvalue weighted by Crippen LogP contribution is 2.31. The second-order valence-electron chi connectivity index (χ2n) is 4.47. The van der Waals surface area contributed by atoms with E-state index in [0.29, 0.717) is 10.7 Å². The molecular formula is C14H17ClN2S. The highest BCUT2D eigenvalue weighted by Gasteiger charge is 2.12. The Hall–Kier alpha value is -1.19. The van der Waals surface area contributed by atoms with Crippen molar-refractivity contribution < 1.29 is 0 Å². The molecule has 96 valence electrons. The molecule has 0 fully saturated rings. The summed E-state index contributed by atoms with van der Waals surface area (Å²) in [6, 6.07) is 8.00. The van der Waals surface area contributed by atoms with Crippen molar-refractivity contribution in [3.63, 3.8) is 0 Å². The van der Waals surface area contributed by atoms with Crippen molar-refractivity contribution in [2.24, 2.45) is 0 Å². The van der Waals surface area contributed by atoms with Gasteiger partial charge in [0.2, 0.25) is 0 Å². The summed E-state index contributed by atoms with van der Waals surface area (Å²) in [5, 5.41) is 4.09. The average Bonchev–Trinajstić information content (AvgIpc) is 2.62. The van der Waals surface area contributed by atoms with Crippen molar-refractivity contribution in [3.8, 4) is 0 Å². The van der Waals surface area contributed by atoms with E-state index >= 15 is 0 Å². The Morgan fingerprint density at radius 2 is 2.00 bits per heavy atom. The van der Waals surface area contributed by atoms with Gasteiger partial charge in [-0.15, -0.1) is 11.3 Å². The molecule has 0 amide bonds. The van der Waals surface area contributed by atoms with Crippen molar-refractivity contribution >= 4 is 34.3 Å². The van der Waals surface area contributed by atoms with E-state index in [0.717, 1.165) is 5.69 Å². The van der Waals surface area contributed by atoms with Gasteiger partial charge in [-0.25, -0.2) is 0 Å². The Balaban J connectivity index is 2.21. The van der Waals surface area contributed by atoms with Crippen LogP contribution in [0.2, 0.25) is 5.02 Å². The molecule has 1 aromatic carbocycles. The third-order valence-electron chi connectivity index (χ3n) is 2.91. The molecule has 1 heterocycles. The SMILES string of the molecule is Cc1cc(C(C)Nc2ccc(N)cc2Cl)c(C)s1. The van der Waals surface area contributed by atoms with Gasteiger partial charge >= 0.3 is 0 Å². The summed E-state index contributed by atoms with van der Waals surface area (Å²) in [6.07, 6.45) is 0. The quantitative estimate of drug-likeness (QED) is 0.795. The largest absolute Gasteiger partial charge is 0.399 e. The lowest BCUT2D eigenvalue weighted by atomic mass is 10.1. The van der Waals surface area contributed by atoms with Crippen molar-refractivity contribution in [2.45, 2.75) is 26.8 Å². The molecular weight excluding hydrogens is 264 g/mol. The number of hydrogen-bond acceptors (Lipinski definition) is 3.